The second kappa shape index (κ2) is 7.89. The average molecular weight is 393 g/mol. The Morgan fingerprint density at radius 2 is 1.88 bits per heavy atom. The van der Waals surface area contributed by atoms with Gasteiger partial charge in [0.25, 0.3) is 0 Å². The summed E-state index contributed by atoms with van der Waals surface area (Å²) in [5, 5.41) is 5.42. The number of hydrogen-bond donors (Lipinski definition) is 0. The topological polar surface area (TPSA) is 44.1 Å². The van der Waals surface area contributed by atoms with Gasteiger partial charge in [-0.1, -0.05) is 23.2 Å². The van der Waals surface area contributed by atoms with Crippen molar-refractivity contribution in [2.24, 2.45) is 0 Å². The standard InChI is InChI=1S/C19H15Cl2FN2O2/c1-2-26-19(25)17-10-18(12-3-6-15(22)7-4-12)24(23-17)11-13-9-14(20)5-8-16(13)21/h3-10H,2,11H2,1H3. The largest absolute Gasteiger partial charge is 0.461 e. The molecule has 0 spiro atoms. The van der Waals surface area contributed by atoms with Gasteiger partial charge < -0.3 is 4.74 Å². The van der Waals surface area contributed by atoms with Gasteiger partial charge in [0.1, 0.15) is 5.82 Å². The van der Waals surface area contributed by atoms with Crippen molar-refractivity contribution >= 4 is 29.2 Å². The lowest BCUT2D eigenvalue weighted by molar-refractivity contribution is 0.0518. The van der Waals surface area contributed by atoms with Crippen LogP contribution in [0.1, 0.15) is 23.0 Å². The maximum Gasteiger partial charge on any atom is 0.358 e. The van der Waals surface area contributed by atoms with Crippen LogP contribution in [0.3, 0.4) is 0 Å². The van der Waals surface area contributed by atoms with Gasteiger partial charge >= 0.3 is 5.97 Å². The number of carbonyl (C=O) groups excluding carboxylic acids is 1. The van der Waals surface area contributed by atoms with E-state index >= 15 is 0 Å². The van der Waals surface area contributed by atoms with Crippen LogP contribution < -0.4 is 0 Å². The van der Waals surface area contributed by atoms with Gasteiger partial charge in [-0.25, -0.2) is 9.18 Å². The second-order valence-corrected chi connectivity index (χ2v) is 6.38. The molecule has 0 fully saturated rings. The predicted octanol–water partition coefficient (Wildman–Crippen LogP) is 5.22. The van der Waals surface area contributed by atoms with Gasteiger partial charge in [-0.05, 0) is 61.0 Å². The van der Waals surface area contributed by atoms with Gasteiger partial charge in [0.15, 0.2) is 5.69 Å². The van der Waals surface area contributed by atoms with Crippen LogP contribution in [0.4, 0.5) is 4.39 Å². The van der Waals surface area contributed by atoms with E-state index < -0.39 is 5.97 Å². The van der Waals surface area contributed by atoms with E-state index in [0.717, 1.165) is 5.56 Å². The Morgan fingerprint density at radius 1 is 1.15 bits per heavy atom. The van der Waals surface area contributed by atoms with Crippen molar-refractivity contribution in [2.45, 2.75) is 13.5 Å². The van der Waals surface area contributed by atoms with Crippen molar-refractivity contribution in [2.75, 3.05) is 6.61 Å². The highest BCUT2D eigenvalue weighted by atomic mass is 35.5. The summed E-state index contributed by atoms with van der Waals surface area (Å²) in [6, 6.07) is 12.7. The minimum absolute atomic E-state index is 0.171. The average Bonchev–Trinajstić information content (AvgIpc) is 3.03. The highest BCUT2D eigenvalue weighted by molar-refractivity contribution is 6.33. The third-order valence-corrected chi connectivity index (χ3v) is 4.34. The Labute approximate surface area is 160 Å². The SMILES string of the molecule is CCOC(=O)c1cc(-c2ccc(F)cc2)n(Cc2cc(Cl)ccc2Cl)n1. The second-order valence-electron chi connectivity index (χ2n) is 5.54. The molecule has 0 radical (unpaired) electrons. The molecule has 0 amide bonds. The molecule has 1 aromatic heterocycles. The Kier molecular flexibility index (Phi) is 5.59. The van der Waals surface area contributed by atoms with Gasteiger partial charge in [-0.15, -0.1) is 0 Å². The molecule has 3 aromatic rings. The van der Waals surface area contributed by atoms with Crippen molar-refractivity contribution in [3.05, 3.63) is 75.7 Å². The molecule has 26 heavy (non-hydrogen) atoms. The number of ether oxygens (including phenoxy) is 1. The van der Waals surface area contributed by atoms with Crippen molar-refractivity contribution in [3.63, 3.8) is 0 Å². The van der Waals surface area contributed by atoms with E-state index in [-0.39, 0.29) is 18.1 Å². The molecular formula is C19H15Cl2FN2O2. The van der Waals surface area contributed by atoms with E-state index in [1.165, 1.54) is 12.1 Å². The Balaban J connectivity index is 2.05. The first-order valence-corrected chi connectivity index (χ1v) is 8.68. The van der Waals surface area contributed by atoms with Crippen LogP contribution >= 0.6 is 23.2 Å². The lowest BCUT2D eigenvalue weighted by atomic mass is 10.1. The molecule has 3 rings (SSSR count). The van der Waals surface area contributed by atoms with Crippen molar-refractivity contribution in [3.8, 4) is 11.3 Å². The van der Waals surface area contributed by atoms with Crippen LogP contribution in [0.2, 0.25) is 10.0 Å². The number of hydrogen-bond acceptors (Lipinski definition) is 3. The van der Waals surface area contributed by atoms with Crippen LogP contribution in [-0.4, -0.2) is 22.4 Å². The monoisotopic (exact) mass is 392 g/mol. The molecule has 7 heteroatoms. The smallest absolute Gasteiger partial charge is 0.358 e. The zero-order valence-corrected chi connectivity index (χ0v) is 15.4. The highest BCUT2D eigenvalue weighted by Crippen LogP contribution is 2.26. The third kappa shape index (κ3) is 4.06. The minimum Gasteiger partial charge on any atom is -0.461 e. The zero-order chi connectivity index (χ0) is 18.7. The summed E-state index contributed by atoms with van der Waals surface area (Å²) >= 11 is 12.3. The Morgan fingerprint density at radius 3 is 2.58 bits per heavy atom. The minimum atomic E-state index is -0.521. The normalized spacial score (nSPS) is 10.8. The van der Waals surface area contributed by atoms with Crippen molar-refractivity contribution in [1.82, 2.24) is 9.78 Å². The molecule has 0 aliphatic carbocycles. The van der Waals surface area contributed by atoms with Crippen LogP contribution in [0, 0.1) is 5.82 Å². The lowest BCUT2D eigenvalue weighted by Gasteiger charge is -2.09. The van der Waals surface area contributed by atoms with Gasteiger partial charge in [-0.3, -0.25) is 4.68 Å². The first-order valence-electron chi connectivity index (χ1n) is 7.92. The van der Waals surface area contributed by atoms with Crippen molar-refractivity contribution < 1.29 is 13.9 Å². The summed E-state index contributed by atoms with van der Waals surface area (Å²) in [5.74, 6) is -0.866. The number of benzene rings is 2. The van der Waals surface area contributed by atoms with Gasteiger partial charge in [0.2, 0.25) is 0 Å². The summed E-state index contributed by atoms with van der Waals surface area (Å²) in [7, 11) is 0. The Bertz CT molecular complexity index is 939. The number of carbonyl (C=O) groups is 1. The number of rotatable bonds is 5. The summed E-state index contributed by atoms with van der Waals surface area (Å²) in [4.78, 5) is 12.1. The van der Waals surface area contributed by atoms with Gasteiger partial charge in [0, 0.05) is 15.6 Å². The fourth-order valence-corrected chi connectivity index (χ4v) is 2.89. The third-order valence-electron chi connectivity index (χ3n) is 3.73. The molecule has 2 aromatic carbocycles. The predicted molar refractivity (Wildman–Crippen MR) is 99.1 cm³/mol. The number of halogens is 3. The Hall–Kier alpha value is -2.37. The van der Waals surface area contributed by atoms with E-state index in [1.54, 1.807) is 48.0 Å². The van der Waals surface area contributed by atoms with E-state index in [1.807, 2.05) is 0 Å². The zero-order valence-electron chi connectivity index (χ0n) is 13.9. The quantitative estimate of drug-likeness (QED) is 0.559. The van der Waals surface area contributed by atoms with Crippen LogP contribution in [0.5, 0.6) is 0 Å². The maximum atomic E-state index is 13.3. The van der Waals surface area contributed by atoms with E-state index in [9.17, 15) is 9.18 Å². The van der Waals surface area contributed by atoms with Crippen LogP contribution in [0.15, 0.2) is 48.5 Å². The van der Waals surface area contributed by atoms with E-state index in [4.69, 9.17) is 27.9 Å². The molecule has 0 aliphatic rings. The van der Waals surface area contributed by atoms with E-state index in [2.05, 4.69) is 5.10 Å². The highest BCUT2D eigenvalue weighted by Gasteiger charge is 2.17. The van der Waals surface area contributed by atoms with Gasteiger partial charge in [-0.2, -0.15) is 5.10 Å². The lowest BCUT2D eigenvalue weighted by Crippen LogP contribution is -2.08. The summed E-state index contributed by atoms with van der Waals surface area (Å²) in [6.07, 6.45) is 0. The summed E-state index contributed by atoms with van der Waals surface area (Å²) < 4.78 is 19.9. The fourth-order valence-electron chi connectivity index (χ4n) is 2.52. The van der Waals surface area contributed by atoms with E-state index in [0.29, 0.717) is 27.8 Å². The number of aromatic nitrogens is 2. The van der Waals surface area contributed by atoms with Crippen LogP contribution in [0.25, 0.3) is 11.3 Å². The molecule has 4 nitrogen and oxygen atoms in total. The first-order chi connectivity index (χ1) is 12.5. The molecule has 134 valence electrons. The molecule has 0 atom stereocenters. The summed E-state index contributed by atoms with van der Waals surface area (Å²) in [5.41, 5.74) is 2.28. The van der Waals surface area contributed by atoms with Gasteiger partial charge in [0.05, 0.1) is 18.8 Å². The molecule has 1 heterocycles. The molecule has 0 unspecified atom stereocenters. The molecule has 0 aliphatic heterocycles. The molecule has 0 N–H and O–H groups in total. The summed E-state index contributed by atoms with van der Waals surface area (Å²) in [6.45, 7) is 2.27. The number of esters is 1. The molecule has 0 saturated carbocycles. The molecule has 0 bridgehead atoms. The number of nitrogens with zero attached hydrogens (tertiary/aromatic N) is 2. The maximum absolute atomic E-state index is 13.3. The van der Waals surface area contributed by atoms with Crippen molar-refractivity contribution in [1.29, 1.82) is 0 Å². The first kappa shape index (κ1) is 18.4. The van der Waals surface area contributed by atoms with Crippen LogP contribution in [-0.2, 0) is 11.3 Å². The molecule has 0 saturated heterocycles. The fraction of sp³-hybridized carbons (Fsp3) is 0.158. The molecular weight excluding hydrogens is 378 g/mol.